The number of ether oxygens (including phenoxy) is 1. The average molecular weight is 317 g/mol. The van der Waals surface area contributed by atoms with Crippen molar-refractivity contribution in [3.8, 4) is 5.75 Å². The molecule has 2 N–H and O–H groups in total. The number of nitrogens with one attached hydrogen (secondary N) is 1. The molecule has 2 rings (SSSR count). The minimum absolute atomic E-state index is 0.447. The Hall–Kier alpha value is -1.85. The minimum Gasteiger partial charge on any atom is -0.497 e. The second-order valence-electron chi connectivity index (χ2n) is 6.06. The molecule has 0 aliphatic heterocycles. The largest absolute Gasteiger partial charge is 0.497 e. The Labute approximate surface area is 138 Å². The molecular formula is C18H27N3O2. The Kier molecular flexibility index (Phi) is 5.80. The molecule has 0 fully saturated rings. The quantitative estimate of drug-likeness (QED) is 0.784. The van der Waals surface area contributed by atoms with Crippen LogP contribution in [0.15, 0.2) is 30.5 Å². The van der Waals surface area contributed by atoms with Gasteiger partial charge in [-0.2, -0.15) is 0 Å². The van der Waals surface area contributed by atoms with Gasteiger partial charge in [-0.3, -0.25) is 4.98 Å². The summed E-state index contributed by atoms with van der Waals surface area (Å²) < 4.78 is 5.36. The molecule has 0 saturated carbocycles. The predicted molar refractivity (Wildman–Crippen MR) is 95.2 cm³/mol. The van der Waals surface area contributed by atoms with Gasteiger partial charge in [0.1, 0.15) is 5.75 Å². The van der Waals surface area contributed by atoms with Crippen molar-refractivity contribution in [1.82, 2.24) is 9.88 Å². The summed E-state index contributed by atoms with van der Waals surface area (Å²) in [5, 5.41) is 15.0. The van der Waals surface area contributed by atoms with Crippen LogP contribution >= 0.6 is 0 Å². The van der Waals surface area contributed by atoms with Gasteiger partial charge in [-0.25, -0.2) is 0 Å². The minimum atomic E-state index is -0.823. The zero-order valence-electron chi connectivity index (χ0n) is 14.5. The fourth-order valence-electron chi connectivity index (χ4n) is 2.69. The van der Waals surface area contributed by atoms with E-state index in [1.807, 2.05) is 31.2 Å². The number of anilines is 1. The number of benzene rings is 1. The summed E-state index contributed by atoms with van der Waals surface area (Å²) >= 11 is 0. The second-order valence-corrected chi connectivity index (χ2v) is 6.06. The van der Waals surface area contributed by atoms with E-state index in [9.17, 15) is 5.11 Å². The van der Waals surface area contributed by atoms with Gasteiger partial charge in [0, 0.05) is 30.7 Å². The monoisotopic (exact) mass is 317 g/mol. The third-order valence-corrected chi connectivity index (χ3v) is 4.03. The van der Waals surface area contributed by atoms with Crippen LogP contribution in [0.3, 0.4) is 0 Å². The van der Waals surface area contributed by atoms with Gasteiger partial charge >= 0.3 is 0 Å². The molecule has 1 aromatic heterocycles. The standard InChI is InChI=1S/C18H27N3O2/c1-5-21(6-2)13-18(3,22)12-20-16-11-15(23-4)10-14-8-7-9-19-17(14)16/h7-11,20,22H,5-6,12-13H2,1-4H3/t18-/m1/s1. The summed E-state index contributed by atoms with van der Waals surface area (Å²) in [6.07, 6.45) is 1.77. The fraction of sp³-hybridized carbons (Fsp3) is 0.500. The maximum Gasteiger partial charge on any atom is 0.121 e. The van der Waals surface area contributed by atoms with Crippen LogP contribution in [0.4, 0.5) is 5.69 Å². The Morgan fingerprint density at radius 3 is 2.70 bits per heavy atom. The molecule has 1 atom stereocenters. The average Bonchev–Trinajstić information content (AvgIpc) is 2.57. The Balaban J connectivity index is 2.18. The van der Waals surface area contributed by atoms with Crippen LogP contribution in [0.5, 0.6) is 5.75 Å². The number of nitrogens with zero attached hydrogens (tertiary/aromatic N) is 2. The smallest absolute Gasteiger partial charge is 0.121 e. The number of rotatable bonds is 8. The molecule has 0 amide bonds. The molecule has 0 radical (unpaired) electrons. The first-order chi connectivity index (χ1) is 11.0. The number of aliphatic hydroxyl groups is 1. The first kappa shape index (κ1) is 17.5. The molecule has 1 aromatic carbocycles. The number of aromatic nitrogens is 1. The van der Waals surface area contributed by atoms with Gasteiger partial charge < -0.3 is 20.1 Å². The number of pyridine rings is 1. The number of hydrogen-bond acceptors (Lipinski definition) is 5. The third kappa shape index (κ3) is 4.56. The summed E-state index contributed by atoms with van der Waals surface area (Å²) in [5.41, 5.74) is 0.933. The van der Waals surface area contributed by atoms with Crippen LogP contribution in [0.1, 0.15) is 20.8 Å². The summed E-state index contributed by atoms with van der Waals surface area (Å²) in [5.74, 6) is 0.774. The first-order valence-electron chi connectivity index (χ1n) is 8.10. The lowest BCUT2D eigenvalue weighted by molar-refractivity contribution is 0.0342. The third-order valence-electron chi connectivity index (χ3n) is 4.03. The SMILES string of the molecule is CCN(CC)C[C@](C)(O)CNc1cc(OC)cc2cccnc12. The summed E-state index contributed by atoms with van der Waals surface area (Å²) in [6, 6.07) is 7.79. The Morgan fingerprint density at radius 1 is 1.30 bits per heavy atom. The zero-order chi connectivity index (χ0) is 16.9. The molecule has 126 valence electrons. The molecule has 0 unspecified atom stereocenters. The van der Waals surface area contributed by atoms with Crippen molar-refractivity contribution in [2.45, 2.75) is 26.4 Å². The molecular weight excluding hydrogens is 290 g/mol. The van der Waals surface area contributed by atoms with Gasteiger partial charge in [-0.1, -0.05) is 19.9 Å². The summed E-state index contributed by atoms with van der Waals surface area (Å²) in [4.78, 5) is 6.65. The predicted octanol–water partition coefficient (Wildman–Crippen LogP) is 2.75. The van der Waals surface area contributed by atoms with Crippen molar-refractivity contribution in [3.63, 3.8) is 0 Å². The highest BCUT2D eigenvalue weighted by Crippen LogP contribution is 2.28. The van der Waals surface area contributed by atoms with E-state index < -0.39 is 5.60 Å². The zero-order valence-corrected chi connectivity index (χ0v) is 14.5. The van der Waals surface area contributed by atoms with E-state index in [0.29, 0.717) is 13.1 Å². The van der Waals surface area contributed by atoms with Gasteiger partial charge in [-0.05, 0) is 32.1 Å². The highest BCUT2D eigenvalue weighted by atomic mass is 16.5. The van der Waals surface area contributed by atoms with Crippen LogP contribution in [0.2, 0.25) is 0 Å². The molecule has 5 nitrogen and oxygen atoms in total. The van der Waals surface area contributed by atoms with Gasteiger partial charge in [0.25, 0.3) is 0 Å². The molecule has 0 bridgehead atoms. The van der Waals surface area contributed by atoms with Crippen LogP contribution in [-0.4, -0.2) is 53.9 Å². The van der Waals surface area contributed by atoms with Gasteiger partial charge in [0.05, 0.1) is 23.9 Å². The Bertz CT molecular complexity index is 639. The van der Waals surface area contributed by atoms with E-state index in [1.165, 1.54) is 0 Å². The molecule has 5 heteroatoms. The second kappa shape index (κ2) is 7.62. The fourth-order valence-corrected chi connectivity index (χ4v) is 2.69. The molecule has 0 saturated heterocycles. The van der Waals surface area contributed by atoms with E-state index in [1.54, 1.807) is 13.3 Å². The highest BCUT2D eigenvalue weighted by molar-refractivity contribution is 5.91. The molecule has 0 aliphatic rings. The van der Waals surface area contributed by atoms with Gasteiger partial charge in [0.2, 0.25) is 0 Å². The molecule has 0 aliphatic carbocycles. The number of fused-ring (bicyclic) bond motifs is 1. The van der Waals surface area contributed by atoms with Crippen molar-refractivity contribution in [3.05, 3.63) is 30.5 Å². The normalized spacial score (nSPS) is 14.0. The van der Waals surface area contributed by atoms with Crippen molar-refractivity contribution in [2.75, 3.05) is 38.6 Å². The van der Waals surface area contributed by atoms with Gasteiger partial charge in [-0.15, -0.1) is 0 Å². The van der Waals surface area contributed by atoms with Gasteiger partial charge in [0.15, 0.2) is 0 Å². The lowest BCUT2D eigenvalue weighted by atomic mass is 10.1. The summed E-state index contributed by atoms with van der Waals surface area (Å²) in [6.45, 7) is 8.99. The van der Waals surface area contributed by atoms with Crippen molar-refractivity contribution >= 4 is 16.6 Å². The van der Waals surface area contributed by atoms with Crippen molar-refractivity contribution < 1.29 is 9.84 Å². The maximum atomic E-state index is 10.7. The lowest BCUT2D eigenvalue weighted by Crippen LogP contribution is -2.45. The lowest BCUT2D eigenvalue weighted by Gasteiger charge is -2.30. The maximum absolute atomic E-state index is 10.7. The molecule has 1 heterocycles. The van der Waals surface area contributed by atoms with Crippen LogP contribution < -0.4 is 10.1 Å². The number of likely N-dealkylation sites (N-methyl/N-ethyl adjacent to an activating group) is 1. The van der Waals surface area contributed by atoms with E-state index in [0.717, 1.165) is 35.4 Å². The Morgan fingerprint density at radius 2 is 2.04 bits per heavy atom. The van der Waals surface area contributed by atoms with Crippen molar-refractivity contribution in [1.29, 1.82) is 0 Å². The molecule has 0 spiro atoms. The van der Waals surface area contributed by atoms with Crippen LogP contribution in [0.25, 0.3) is 10.9 Å². The van der Waals surface area contributed by atoms with Crippen LogP contribution in [0, 0.1) is 0 Å². The van der Waals surface area contributed by atoms with Crippen molar-refractivity contribution in [2.24, 2.45) is 0 Å². The van der Waals surface area contributed by atoms with E-state index in [4.69, 9.17) is 4.74 Å². The first-order valence-corrected chi connectivity index (χ1v) is 8.10. The molecule has 2 aromatic rings. The number of methoxy groups -OCH3 is 1. The summed E-state index contributed by atoms with van der Waals surface area (Å²) in [7, 11) is 1.65. The topological polar surface area (TPSA) is 57.6 Å². The van der Waals surface area contributed by atoms with E-state index >= 15 is 0 Å². The number of hydrogen-bond donors (Lipinski definition) is 2. The van der Waals surface area contributed by atoms with E-state index in [-0.39, 0.29) is 0 Å². The van der Waals surface area contributed by atoms with E-state index in [2.05, 4.69) is 29.0 Å². The van der Waals surface area contributed by atoms with Crippen LogP contribution in [-0.2, 0) is 0 Å². The highest BCUT2D eigenvalue weighted by Gasteiger charge is 2.23. The molecule has 23 heavy (non-hydrogen) atoms.